The summed E-state index contributed by atoms with van der Waals surface area (Å²) in [6, 6.07) is 18.8. The van der Waals surface area contributed by atoms with Crippen LogP contribution < -0.4 is 10.9 Å². The molecule has 5 aromatic rings. The van der Waals surface area contributed by atoms with Gasteiger partial charge in [0.05, 0.1) is 11.1 Å². The summed E-state index contributed by atoms with van der Waals surface area (Å²) in [5.41, 5.74) is 2.47. The van der Waals surface area contributed by atoms with Crippen molar-refractivity contribution in [2.45, 2.75) is 11.7 Å². The third-order valence-corrected chi connectivity index (χ3v) is 7.20. The number of carbonyl (C=O) groups is 1. The van der Waals surface area contributed by atoms with Gasteiger partial charge in [-0.1, -0.05) is 60.3 Å². The van der Waals surface area contributed by atoms with E-state index in [1.807, 2.05) is 41.8 Å². The summed E-state index contributed by atoms with van der Waals surface area (Å²) in [6.45, 7) is 4.03. The Morgan fingerprint density at radius 1 is 1.23 bits per heavy atom. The van der Waals surface area contributed by atoms with E-state index in [4.69, 9.17) is 9.40 Å². The van der Waals surface area contributed by atoms with Crippen molar-refractivity contribution in [3.05, 3.63) is 88.7 Å². The number of thiophene rings is 1. The Balaban J connectivity index is 1.44. The third-order valence-electron chi connectivity index (χ3n) is 5.35. The van der Waals surface area contributed by atoms with E-state index in [9.17, 15) is 14.9 Å². The summed E-state index contributed by atoms with van der Waals surface area (Å²) >= 11 is 2.55. The van der Waals surface area contributed by atoms with Crippen LogP contribution in [0.25, 0.3) is 32.3 Å². The zero-order valence-corrected chi connectivity index (χ0v) is 20.0. The average molecular weight is 499 g/mol. The number of rotatable bonds is 7. The van der Waals surface area contributed by atoms with Crippen molar-refractivity contribution in [2.24, 2.45) is 0 Å². The molecule has 0 fully saturated rings. The fraction of sp³-hybridized carbons (Fsp3) is 0.0769. The zero-order valence-electron chi connectivity index (χ0n) is 18.4. The van der Waals surface area contributed by atoms with E-state index in [0.29, 0.717) is 32.0 Å². The smallest absolute Gasteiger partial charge is 0.263 e. The van der Waals surface area contributed by atoms with E-state index in [-0.39, 0.29) is 29.5 Å². The largest absolute Gasteiger partial charge is 0.443 e. The molecule has 0 aliphatic heterocycles. The fourth-order valence-electron chi connectivity index (χ4n) is 3.79. The molecule has 172 valence electrons. The molecule has 7 nitrogen and oxygen atoms in total. The molecule has 1 N–H and O–H groups in total. The summed E-state index contributed by atoms with van der Waals surface area (Å²) in [6.07, 6.45) is 1.63. The number of nitriles is 1. The van der Waals surface area contributed by atoms with E-state index >= 15 is 0 Å². The summed E-state index contributed by atoms with van der Waals surface area (Å²) in [5, 5.41) is 15.7. The van der Waals surface area contributed by atoms with Crippen LogP contribution in [-0.4, -0.2) is 21.2 Å². The van der Waals surface area contributed by atoms with Crippen molar-refractivity contribution in [3.8, 4) is 17.2 Å². The first kappa shape index (κ1) is 22.7. The molecule has 2 aromatic carbocycles. The molecule has 3 heterocycles. The number of aromatic nitrogens is 2. The predicted octanol–water partition coefficient (Wildman–Crippen LogP) is 5.66. The van der Waals surface area contributed by atoms with Crippen LogP contribution in [0.4, 0.5) is 5.69 Å². The maximum atomic E-state index is 13.4. The van der Waals surface area contributed by atoms with Crippen LogP contribution in [-0.2, 0) is 11.3 Å². The maximum absolute atomic E-state index is 13.4. The van der Waals surface area contributed by atoms with Gasteiger partial charge in [-0.05, 0) is 17.7 Å². The van der Waals surface area contributed by atoms with Gasteiger partial charge in [0.25, 0.3) is 5.56 Å². The number of nitrogens with one attached hydrogen (secondary N) is 1. The molecule has 0 radical (unpaired) electrons. The molecule has 0 spiro atoms. The Bertz CT molecular complexity index is 1680. The molecule has 1 amide bonds. The van der Waals surface area contributed by atoms with Gasteiger partial charge in [0.2, 0.25) is 11.7 Å². The monoisotopic (exact) mass is 498 g/mol. The number of amides is 1. The number of allylic oxidation sites excluding steroid dienone is 1. The van der Waals surface area contributed by atoms with E-state index in [0.717, 1.165) is 22.9 Å². The molecule has 0 atom stereocenters. The average Bonchev–Trinajstić information content (AvgIpc) is 3.47. The number of hydrogen-bond acceptors (Lipinski definition) is 7. The highest BCUT2D eigenvalue weighted by molar-refractivity contribution is 7.99. The topological polar surface area (TPSA) is 101 Å². The normalized spacial score (nSPS) is 10.9. The van der Waals surface area contributed by atoms with Gasteiger partial charge in [-0.25, -0.2) is 4.98 Å². The molecule has 0 unspecified atom stereocenters. The molecule has 0 aliphatic rings. The second kappa shape index (κ2) is 9.62. The Hall–Kier alpha value is -4.13. The van der Waals surface area contributed by atoms with Gasteiger partial charge < -0.3 is 9.73 Å². The molecular weight excluding hydrogens is 480 g/mol. The Morgan fingerprint density at radius 3 is 2.77 bits per heavy atom. The van der Waals surface area contributed by atoms with E-state index in [1.165, 1.54) is 15.9 Å². The number of carbonyl (C=O) groups excluding carboxylic acids is 1. The van der Waals surface area contributed by atoms with Gasteiger partial charge in [0.15, 0.2) is 5.16 Å². The first-order valence-corrected chi connectivity index (χ1v) is 12.5. The molecule has 0 saturated carbocycles. The van der Waals surface area contributed by atoms with Crippen molar-refractivity contribution in [2.75, 3.05) is 11.1 Å². The van der Waals surface area contributed by atoms with Gasteiger partial charge in [-0.15, -0.1) is 17.9 Å². The van der Waals surface area contributed by atoms with Gasteiger partial charge in [0.1, 0.15) is 22.2 Å². The number of hydrogen-bond donors (Lipinski definition) is 1. The fourth-order valence-corrected chi connectivity index (χ4v) is 5.59. The molecule has 3 aromatic heterocycles. The maximum Gasteiger partial charge on any atom is 0.263 e. The molecule has 9 heteroatoms. The second-order valence-electron chi connectivity index (χ2n) is 7.55. The number of para-hydroxylation sites is 1. The van der Waals surface area contributed by atoms with Gasteiger partial charge in [-0.2, -0.15) is 5.26 Å². The standard InChI is InChI=1S/C26H18N4O3S2/c1-2-12-30-25(32)22-18(16-8-4-3-5-9-16)14-34-24(22)29-26(30)35-15-21(31)28-23-17-10-6-7-11-19(17)33-20(23)13-27/h2-11,14H,1,12,15H2,(H,28,31). The number of nitrogens with zero attached hydrogens (tertiary/aromatic N) is 3. The number of fused-ring (bicyclic) bond motifs is 2. The summed E-state index contributed by atoms with van der Waals surface area (Å²) in [4.78, 5) is 31.5. The molecule has 5 rings (SSSR count). The Labute approximate surface area is 208 Å². The lowest BCUT2D eigenvalue weighted by Gasteiger charge is -2.11. The number of benzene rings is 2. The number of furan rings is 1. The Kier molecular flexibility index (Phi) is 6.23. The van der Waals surface area contributed by atoms with Gasteiger partial charge >= 0.3 is 0 Å². The van der Waals surface area contributed by atoms with Crippen LogP contribution in [0.1, 0.15) is 5.76 Å². The van der Waals surface area contributed by atoms with Gasteiger partial charge in [-0.3, -0.25) is 14.2 Å². The predicted molar refractivity (Wildman–Crippen MR) is 140 cm³/mol. The lowest BCUT2D eigenvalue weighted by Crippen LogP contribution is -2.23. The van der Waals surface area contributed by atoms with Crippen LogP contribution in [0.2, 0.25) is 0 Å². The molecule has 35 heavy (non-hydrogen) atoms. The third kappa shape index (κ3) is 4.25. The lowest BCUT2D eigenvalue weighted by atomic mass is 10.1. The van der Waals surface area contributed by atoms with Crippen molar-refractivity contribution < 1.29 is 9.21 Å². The second-order valence-corrected chi connectivity index (χ2v) is 9.35. The highest BCUT2D eigenvalue weighted by atomic mass is 32.2. The first-order chi connectivity index (χ1) is 17.1. The number of anilines is 1. The quantitative estimate of drug-likeness (QED) is 0.177. The lowest BCUT2D eigenvalue weighted by molar-refractivity contribution is -0.113. The summed E-state index contributed by atoms with van der Waals surface area (Å²) in [5.74, 6) is -0.301. The first-order valence-electron chi connectivity index (χ1n) is 10.6. The summed E-state index contributed by atoms with van der Waals surface area (Å²) < 4.78 is 7.04. The van der Waals surface area contributed by atoms with Crippen LogP contribution in [0, 0.1) is 11.3 Å². The number of thioether (sulfide) groups is 1. The molecular formula is C26H18N4O3S2. The van der Waals surface area contributed by atoms with Crippen LogP contribution in [0.3, 0.4) is 0 Å². The Morgan fingerprint density at radius 2 is 2.00 bits per heavy atom. The van der Waals surface area contributed by atoms with Crippen molar-refractivity contribution >= 4 is 55.9 Å². The molecule has 0 aliphatic carbocycles. The van der Waals surface area contributed by atoms with E-state index in [1.54, 1.807) is 30.3 Å². The molecule has 0 bridgehead atoms. The van der Waals surface area contributed by atoms with Crippen LogP contribution in [0.5, 0.6) is 0 Å². The minimum absolute atomic E-state index is 0.00359. The van der Waals surface area contributed by atoms with Crippen LogP contribution in [0.15, 0.2) is 87.0 Å². The minimum Gasteiger partial charge on any atom is -0.443 e. The highest BCUT2D eigenvalue weighted by Gasteiger charge is 2.19. The molecule has 0 saturated heterocycles. The zero-order chi connectivity index (χ0) is 24.4. The van der Waals surface area contributed by atoms with Gasteiger partial charge in [0, 0.05) is 22.9 Å². The SMILES string of the molecule is C=CCn1c(SCC(=O)Nc2c(C#N)oc3ccccc23)nc2scc(-c3ccccc3)c2c1=O. The van der Waals surface area contributed by atoms with Crippen molar-refractivity contribution in [1.82, 2.24) is 9.55 Å². The van der Waals surface area contributed by atoms with E-state index in [2.05, 4.69) is 11.9 Å². The van der Waals surface area contributed by atoms with E-state index < -0.39 is 0 Å². The highest BCUT2D eigenvalue weighted by Crippen LogP contribution is 2.33. The van der Waals surface area contributed by atoms with Crippen molar-refractivity contribution in [3.63, 3.8) is 0 Å². The summed E-state index contributed by atoms with van der Waals surface area (Å²) in [7, 11) is 0. The van der Waals surface area contributed by atoms with Crippen LogP contribution >= 0.6 is 23.1 Å². The minimum atomic E-state index is -0.339. The van der Waals surface area contributed by atoms with Crippen molar-refractivity contribution in [1.29, 1.82) is 5.26 Å².